The molecule has 0 bridgehead atoms. The Kier molecular flexibility index (Phi) is 8.67. The fraction of sp³-hybridized carbons (Fsp3) is 0.278. The molecule has 0 amide bonds. The summed E-state index contributed by atoms with van der Waals surface area (Å²) in [7, 11) is 0. The monoisotopic (exact) mass is 505 g/mol. The third kappa shape index (κ3) is 6.44. The number of benzene rings is 2. The molecule has 140 valence electrons. The predicted octanol–water partition coefficient (Wildman–Crippen LogP) is 4.64. The maximum absolute atomic E-state index is 5.95. The molecule has 0 atom stereocenters. The summed E-state index contributed by atoms with van der Waals surface area (Å²) in [5, 5.41) is 3.83. The maximum Gasteiger partial charge on any atom is 0.193 e. The third-order valence-corrected chi connectivity index (χ3v) is 4.72. The highest BCUT2D eigenvalue weighted by molar-refractivity contribution is 14.0. The Labute approximate surface area is 179 Å². The molecule has 0 aromatic heterocycles. The molecule has 0 saturated carbocycles. The van der Waals surface area contributed by atoms with Gasteiger partial charge in [-0.05, 0) is 36.4 Å². The van der Waals surface area contributed by atoms with Gasteiger partial charge in [0.1, 0.15) is 0 Å². The molecular weight excluding hydrogens is 485 g/mol. The van der Waals surface area contributed by atoms with Crippen LogP contribution >= 0.6 is 47.3 Å². The fourth-order valence-electron chi connectivity index (χ4n) is 2.29. The molecule has 1 heterocycles. The smallest absolute Gasteiger partial charge is 0.193 e. The summed E-state index contributed by atoms with van der Waals surface area (Å²) in [5.41, 5.74) is 6.78. The van der Waals surface area contributed by atoms with Crippen molar-refractivity contribution in [1.29, 1.82) is 0 Å². The van der Waals surface area contributed by atoms with E-state index in [0.29, 0.717) is 25.7 Å². The molecule has 26 heavy (non-hydrogen) atoms. The largest absolute Gasteiger partial charge is 0.490 e. The SMILES string of the molecule is I.NC(=NCCSc1ccc(Cl)cc1)Nc1ccc2c(c1)OCCCO2. The number of halogens is 2. The molecule has 0 spiro atoms. The summed E-state index contributed by atoms with van der Waals surface area (Å²) >= 11 is 7.58. The molecule has 0 unspecified atom stereocenters. The number of rotatable bonds is 5. The molecule has 1 aliphatic heterocycles. The number of guanidine groups is 1. The van der Waals surface area contributed by atoms with Crippen LogP contribution in [0.1, 0.15) is 6.42 Å². The Balaban J connectivity index is 0.00000243. The van der Waals surface area contributed by atoms with Crippen molar-refractivity contribution in [3.05, 3.63) is 47.5 Å². The third-order valence-electron chi connectivity index (χ3n) is 3.48. The van der Waals surface area contributed by atoms with Crippen LogP contribution in [0.25, 0.3) is 0 Å². The van der Waals surface area contributed by atoms with E-state index in [0.717, 1.165) is 39.3 Å². The predicted molar refractivity (Wildman–Crippen MR) is 120 cm³/mol. The molecule has 0 aliphatic carbocycles. The molecule has 0 radical (unpaired) electrons. The number of nitrogens with two attached hydrogens (primary N) is 1. The van der Waals surface area contributed by atoms with Gasteiger partial charge < -0.3 is 20.5 Å². The number of nitrogens with one attached hydrogen (secondary N) is 1. The van der Waals surface area contributed by atoms with Crippen LogP contribution in [0, 0.1) is 0 Å². The molecule has 2 aromatic rings. The van der Waals surface area contributed by atoms with Crippen molar-refractivity contribution >= 4 is 59.0 Å². The zero-order chi connectivity index (χ0) is 17.5. The molecule has 0 saturated heterocycles. The van der Waals surface area contributed by atoms with Crippen molar-refractivity contribution in [1.82, 2.24) is 0 Å². The average Bonchev–Trinajstić information content (AvgIpc) is 2.85. The first-order chi connectivity index (χ1) is 12.2. The summed E-state index contributed by atoms with van der Waals surface area (Å²) in [6.45, 7) is 1.95. The van der Waals surface area contributed by atoms with E-state index in [1.54, 1.807) is 11.8 Å². The zero-order valence-electron chi connectivity index (χ0n) is 14.1. The van der Waals surface area contributed by atoms with Crippen LogP contribution in [0.4, 0.5) is 5.69 Å². The Morgan fingerprint density at radius 3 is 2.62 bits per heavy atom. The van der Waals surface area contributed by atoms with Crippen LogP contribution in [0.5, 0.6) is 11.5 Å². The first-order valence-corrected chi connectivity index (χ1v) is 9.42. The van der Waals surface area contributed by atoms with Crippen LogP contribution in [-0.2, 0) is 0 Å². The van der Waals surface area contributed by atoms with Gasteiger partial charge in [0.2, 0.25) is 0 Å². The van der Waals surface area contributed by atoms with Gasteiger partial charge in [-0.15, -0.1) is 35.7 Å². The van der Waals surface area contributed by atoms with Crippen molar-refractivity contribution in [3.63, 3.8) is 0 Å². The lowest BCUT2D eigenvalue weighted by molar-refractivity contribution is 0.297. The second kappa shape index (κ2) is 10.7. The maximum atomic E-state index is 5.95. The van der Waals surface area contributed by atoms with E-state index < -0.39 is 0 Å². The number of hydrogen-bond donors (Lipinski definition) is 2. The summed E-state index contributed by atoms with van der Waals surface area (Å²) in [5.74, 6) is 2.71. The lowest BCUT2D eigenvalue weighted by Gasteiger charge is -2.10. The standard InChI is InChI=1S/C18H20ClN3O2S.HI/c19-13-2-5-15(6-3-13)25-11-8-21-18(20)22-14-4-7-16-17(12-14)24-10-1-9-23-16;/h2-7,12H,1,8-11H2,(H3,20,21,22);1H. The van der Waals surface area contributed by atoms with Gasteiger partial charge in [0.15, 0.2) is 17.5 Å². The number of anilines is 1. The number of fused-ring (bicyclic) bond motifs is 1. The minimum Gasteiger partial charge on any atom is -0.490 e. The molecule has 5 nitrogen and oxygen atoms in total. The van der Waals surface area contributed by atoms with Crippen LogP contribution in [0.3, 0.4) is 0 Å². The highest BCUT2D eigenvalue weighted by Gasteiger charge is 2.10. The second-order valence-electron chi connectivity index (χ2n) is 5.41. The number of hydrogen-bond acceptors (Lipinski definition) is 4. The number of aliphatic imine (C=N–C) groups is 1. The van der Waals surface area contributed by atoms with Gasteiger partial charge in [-0.1, -0.05) is 11.6 Å². The van der Waals surface area contributed by atoms with Crippen LogP contribution in [0.2, 0.25) is 5.02 Å². The van der Waals surface area contributed by atoms with Crippen molar-refractivity contribution in [2.75, 3.05) is 30.8 Å². The average molecular weight is 506 g/mol. The van der Waals surface area contributed by atoms with Gasteiger partial charge in [-0.3, -0.25) is 4.99 Å². The summed E-state index contributed by atoms with van der Waals surface area (Å²) in [6.07, 6.45) is 0.881. The van der Waals surface area contributed by atoms with E-state index in [2.05, 4.69) is 10.3 Å². The quantitative estimate of drug-likeness (QED) is 0.204. The van der Waals surface area contributed by atoms with E-state index in [-0.39, 0.29) is 24.0 Å². The normalized spacial score (nSPS) is 13.5. The topological polar surface area (TPSA) is 68.9 Å². The van der Waals surface area contributed by atoms with E-state index in [9.17, 15) is 0 Å². The van der Waals surface area contributed by atoms with Crippen molar-refractivity contribution in [2.45, 2.75) is 11.3 Å². The van der Waals surface area contributed by atoms with Gasteiger partial charge in [0.25, 0.3) is 0 Å². The Morgan fingerprint density at radius 1 is 1.12 bits per heavy atom. The Hall–Kier alpha value is -1.32. The molecule has 8 heteroatoms. The van der Waals surface area contributed by atoms with Crippen molar-refractivity contribution in [2.24, 2.45) is 10.7 Å². The van der Waals surface area contributed by atoms with Gasteiger partial charge >= 0.3 is 0 Å². The van der Waals surface area contributed by atoms with Crippen molar-refractivity contribution in [3.8, 4) is 11.5 Å². The molecule has 0 fully saturated rings. The molecule has 2 aromatic carbocycles. The Morgan fingerprint density at radius 2 is 1.85 bits per heavy atom. The van der Waals surface area contributed by atoms with Crippen LogP contribution in [-0.4, -0.2) is 31.5 Å². The Bertz CT molecular complexity index is 744. The number of ether oxygens (including phenoxy) is 2. The second-order valence-corrected chi connectivity index (χ2v) is 7.01. The molecule has 1 aliphatic rings. The lowest BCUT2D eigenvalue weighted by atomic mass is 10.3. The van der Waals surface area contributed by atoms with Crippen LogP contribution < -0.4 is 20.5 Å². The van der Waals surface area contributed by atoms with Gasteiger partial charge in [0.05, 0.1) is 19.8 Å². The number of nitrogens with zero attached hydrogens (tertiary/aromatic N) is 1. The summed E-state index contributed by atoms with van der Waals surface area (Å²) in [4.78, 5) is 5.51. The molecular formula is C18H21ClIN3O2S. The van der Waals surface area contributed by atoms with Gasteiger partial charge in [-0.25, -0.2) is 0 Å². The lowest BCUT2D eigenvalue weighted by Crippen LogP contribution is -2.23. The summed E-state index contributed by atoms with van der Waals surface area (Å²) in [6, 6.07) is 13.4. The first-order valence-electron chi connectivity index (χ1n) is 8.06. The highest BCUT2D eigenvalue weighted by Crippen LogP contribution is 2.32. The minimum atomic E-state index is 0. The first kappa shape index (κ1) is 21.0. The molecule has 3 rings (SSSR count). The van der Waals surface area contributed by atoms with E-state index in [1.165, 1.54) is 0 Å². The van der Waals surface area contributed by atoms with E-state index in [4.69, 9.17) is 26.8 Å². The molecule has 3 N–H and O–H groups in total. The van der Waals surface area contributed by atoms with Crippen LogP contribution in [0.15, 0.2) is 52.4 Å². The van der Waals surface area contributed by atoms with E-state index >= 15 is 0 Å². The van der Waals surface area contributed by atoms with Gasteiger partial charge in [-0.2, -0.15) is 0 Å². The van der Waals surface area contributed by atoms with Gasteiger partial charge in [0, 0.05) is 33.8 Å². The van der Waals surface area contributed by atoms with Crippen molar-refractivity contribution < 1.29 is 9.47 Å². The van der Waals surface area contributed by atoms with E-state index in [1.807, 2.05) is 42.5 Å². The number of thioether (sulfide) groups is 1. The minimum absolute atomic E-state index is 0. The summed E-state index contributed by atoms with van der Waals surface area (Å²) < 4.78 is 11.3. The fourth-order valence-corrected chi connectivity index (χ4v) is 3.16. The zero-order valence-corrected chi connectivity index (χ0v) is 18.0. The highest BCUT2D eigenvalue weighted by atomic mass is 127.